The van der Waals surface area contributed by atoms with Crippen LogP contribution in [0.4, 0.5) is 17.3 Å². The summed E-state index contributed by atoms with van der Waals surface area (Å²) in [6.45, 7) is 2.44. The van der Waals surface area contributed by atoms with Crippen LogP contribution in [0.15, 0.2) is 59.7 Å². The van der Waals surface area contributed by atoms with Crippen LogP contribution in [0.25, 0.3) is 11.2 Å². The SMILES string of the molecule is COCCNC(=O)CC[C@H](CC(=O)c1ccc(NCc2cnc3nc(/N=C/N(C)C)nc(OCCc4ccc([N+](=O)[O-])cc4)c3n2)cc1)C(=O)NCCOC(C)=O. The summed E-state index contributed by atoms with van der Waals surface area (Å²) in [7, 11) is 5.14. The standard InChI is InChI=1S/C38H46N10O9/c1-25(49)56-20-17-40-36(52)28(9-14-33(51)39-16-19-55-4)21-32(50)27-7-10-29(11-8-27)41-22-30-23-42-35-34(44-30)37(46-38(45-35)43-24-47(2)3)57-18-15-26-5-12-31(13-6-26)48(53)54/h5-8,10-13,23-24,28,41H,9,14-22H2,1-4H3,(H,39,51)(H,40,52)/b43-24+/t28-/m1/s1. The van der Waals surface area contributed by atoms with Gasteiger partial charge >= 0.3 is 5.97 Å². The molecule has 4 rings (SSSR count). The first-order valence-corrected chi connectivity index (χ1v) is 18.1. The fourth-order valence-corrected chi connectivity index (χ4v) is 5.20. The number of anilines is 1. The number of Topliss-reactive ketones (excluding diaryl/α,β-unsaturated/α-hetero) is 1. The first-order valence-electron chi connectivity index (χ1n) is 18.1. The predicted octanol–water partition coefficient (Wildman–Crippen LogP) is 3.19. The van der Waals surface area contributed by atoms with E-state index < -0.39 is 22.7 Å². The molecule has 19 heteroatoms. The summed E-state index contributed by atoms with van der Waals surface area (Å²) in [5.74, 6) is -1.93. The normalized spacial score (nSPS) is 11.5. The molecule has 3 N–H and O–H groups in total. The Hall–Kier alpha value is -6.63. The molecule has 2 aromatic carbocycles. The highest BCUT2D eigenvalue weighted by molar-refractivity contribution is 5.99. The molecule has 2 heterocycles. The molecule has 19 nitrogen and oxygen atoms in total. The number of ether oxygens (including phenoxy) is 3. The Morgan fingerprint density at radius 1 is 0.965 bits per heavy atom. The number of aliphatic imine (C=N–C) groups is 1. The van der Waals surface area contributed by atoms with Gasteiger partial charge in [-0.3, -0.25) is 29.3 Å². The van der Waals surface area contributed by atoms with E-state index in [4.69, 9.17) is 19.2 Å². The highest BCUT2D eigenvalue weighted by Gasteiger charge is 2.24. The van der Waals surface area contributed by atoms with E-state index in [1.807, 2.05) is 14.1 Å². The lowest BCUT2D eigenvalue weighted by atomic mass is 9.93. The Labute approximate surface area is 328 Å². The fourth-order valence-electron chi connectivity index (χ4n) is 5.20. The molecule has 1 atom stereocenters. The van der Waals surface area contributed by atoms with Crippen LogP contribution in [0.5, 0.6) is 5.88 Å². The lowest BCUT2D eigenvalue weighted by Gasteiger charge is -2.16. The highest BCUT2D eigenvalue weighted by atomic mass is 16.6. The third-order valence-electron chi connectivity index (χ3n) is 8.13. The van der Waals surface area contributed by atoms with Crippen molar-refractivity contribution in [2.75, 3.05) is 59.4 Å². The number of fused-ring (bicyclic) bond motifs is 1. The maximum atomic E-state index is 13.3. The Morgan fingerprint density at radius 2 is 1.70 bits per heavy atom. The van der Waals surface area contributed by atoms with Crippen molar-refractivity contribution in [3.05, 3.63) is 81.7 Å². The smallest absolute Gasteiger partial charge is 0.302 e. The van der Waals surface area contributed by atoms with E-state index in [2.05, 4.69) is 35.9 Å². The molecule has 0 radical (unpaired) electrons. The molecule has 0 aliphatic heterocycles. The topological polar surface area (TPSA) is 242 Å². The number of carbonyl (C=O) groups is 4. The summed E-state index contributed by atoms with van der Waals surface area (Å²) in [6, 6.07) is 12.9. The van der Waals surface area contributed by atoms with Gasteiger partial charge in [0.1, 0.15) is 6.61 Å². The molecule has 0 saturated heterocycles. The minimum Gasteiger partial charge on any atom is -0.476 e. The Bertz CT molecular complexity index is 2030. The molecule has 0 aliphatic rings. The van der Waals surface area contributed by atoms with Gasteiger partial charge in [0.25, 0.3) is 11.6 Å². The van der Waals surface area contributed by atoms with Gasteiger partial charge in [0.15, 0.2) is 16.9 Å². The van der Waals surface area contributed by atoms with Crippen LogP contribution in [0.3, 0.4) is 0 Å². The average Bonchev–Trinajstić information content (AvgIpc) is 3.19. The number of esters is 1. The molecule has 4 aromatic rings. The number of non-ortho nitro benzene ring substituents is 1. The van der Waals surface area contributed by atoms with E-state index in [0.29, 0.717) is 42.0 Å². The van der Waals surface area contributed by atoms with Crippen molar-refractivity contribution in [3.63, 3.8) is 0 Å². The summed E-state index contributed by atoms with van der Waals surface area (Å²) in [6.07, 6.45) is 3.60. The van der Waals surface area contributed by atoms with E-state index in [-0.39, 0.29) is 80.4 Å². The third kappa shape index (κ3) is 14.5. The van der Waals surface area contributed by atoms with E-state index in [9.17, 15) is 29.3 Å². The zero-order valence-electron chi connectivity index (χ0n) is 32.2. The molecule has 0 fully saturated rings. The van der Waals surface area contributed by atoms with Crippen LogP contribution in [0.2, 0.25) is 0 Å². The van der Waals surface area contributed by atoms with Gasteiger partial charge < -0.3 is 35.1 Å². The van der Waals surface area contributed by atoms with E-state index in [0.717, 1.165) is 5.56 Å². The minimum absolute atomic E-state index is 0.000360. The van der Waals surface area contributed by atoms with Gasteiger partial charge in [-0.05, 0) is 36.2 Å². The molecule has 0 saturated carbocycles. The molecule has 0 spiro atoms. The van der Waals surface area contributed by atoms with Crippen molar-refractivity contribution in [1.29, 1.82) is 0 Å². The van der Waals surface area contributed by atoms with Crippen LogP contribution in [0, 0.1) is 16.0 Å². The molecular formula is C38H46N10O9. The summed E-state index contributed by atoms with van der Waals surface area (Å²) >= 11 is 0. The monoisotopic (exact) mass is 786 g/mol. The second kappa shape index (κ2) is 22.1. The summed E-state index contributed by atoms with van der Waals surface area (Å²) in [4.78, 5) is 84.3. The number of nitro groups is 1. The molecule has 57 heavy (non-hydrogen) atoms. The number of nitrogens with one attached hydrogen (secondary N) is 3. The summed E-state index contributed by atoms with van der Waals surface area (Å²) < 4.78 is 15.8. The quantitative estimate of drug-likeness (QED) is 0.0186. The van der Waals surface area contributed by atoms with Crippen LogP contribution in [-0.2, 0) is 36.8 Å². The van der Waals surface area contributed by atoms with E-state index >= 15 is 0 Å². The maximum absolute atomic E-state index is 13.3. The van der Waals surface area contributed by atoms with Crippen molar-refractivity contribution in [3.8, 4) is 5.88 Å². The van der Waals surface area contributed by atoms with Crippen LogP contribution in [-0.4, -0.2) is 114 Å². The van der Waals surface area contributed by atoms with Crippen LogP contribution < -0.4 is 20.7 Å². The van der Waals surface area contributed by atoms with Crippen LogP contribution >= 0.6 is 0 Å². The number of amides is 2. The lowest BCUT2D eigenvalue weighted by Crippen LogP contribution is -2.35. The molecule has 0 aliphatic carbocycles. The molecule has 2 aromatic heterocycles. The maximum Gasteiger partial charge on any atom is 0.302 e. The number of aromatic nitrogens is 4. The zero-order valence-corrected chi connectivity index (χ0v) is 32.2. The molecule has 0 unspecified atom stereocenters. The molecule has 0 bridgehead atoms. The minimum atomic E-state index is -0.789. The number of benzene rings is 2. The Balaban J connectivity index is 1.41. The number of nitrogens with zero attached hydrogens (tertiary/aromatic N) is 7. The van der Waals surface area contributed by atoms with Crippen LogP contribution in [0.1, 0.15) is 47.8 Å². The van der Waals surface area contributed by atoms with Crippen molar-refractivity contribution in [2.24, 2.45) is 10.9 Å². The van der Waals surface area contributed by atoms with Gasteiger partial charge in [-0.1, -0.05) is 12.1 Å². The number of ketones is 1. The van der Waals surface area contributed by atoms with Gasteiger partial charge in [0.2, 0.25) is 17.7 Å². The van der Waals surface area contributed by atoms with Gasteiger partial charge in [-0.15, -0.1) is 0 Å². The fraction of sp³-hybridized carbons (Fsp3) is 0.395. The molecule has 2 amide bonds. The number of carbonyl (C=O) groups excluding carboxylic acids is 4. The second-order valence-corrected chi connectivity index (χ2v) is 12.9. The van der Waals surface area contributed by atoms with E-state index in [1.165, 1.54) is 26.2 Å². The van der Waals surface area contributed by atoms with Crippen molar-refractivity contribution >= 4 is 58.4 Å². The predicted molar refractivity (Wildman–Crippen MR) is 209 cm³/mol. The van der Waals surface area contributed by atoms with Crippen molar-refractivity contribution < 1.29 is 38.3 Å². The second-order valence-electron chi connectivity index (χ2n) is 12.9. The third-order valence-corrected chi connectivity index (χ3v) is 8.13. The number of hydrogen-bond acceptors (Lipinski definition) is 15. The first kappa shape index (κ1) is 43.1. The van der Waals surface area contributed by atoms with Crippen molar-refractivity contribution in [2.45, 2.75) is 39.2 Å². The number of methoxy groups -OCH3 is 1. The Morgan fingerprint density at radius 3 is 2.39 bits per heavy atom. The van der Waals surface area contributed by atoms with Gasteiger partial charge in [-0.2, -0.15) is 9.97 Å². The number of rotatable bonds is 23. The van der Waals surface area contributed by atoms with E-state index in [1.54, 1.807) is 53.8 Å². The number of nitro benzene ring substituents is 1. The Kier molecular flexibility index (Phi) is 16.7. The number of hydrogen-bond donors (Lipinski definition) is 3. The van der Waals surface area contributed by atoms with Gasteiger partial charge in [-0.25, -0.2) is 15.0 Å². The molecule has 302 valence electrons. The zero-order chi connectivity index (χ0) is 41.2. The van der Waals surface area contributed by atoms with Crippen molar-refractivity contribution in [1.82, 2.24) is 35.5 Å². The molecular weight excluding hydrogens is 740 g/mol. The largest absolute Gasteiger partial charge is 0.476 e. The van der Waals surface area contributed by atoms with Gasteiger partial charge in [0.05, 0.1) is 49.5 Å². The average molecular weight is 787 g/mol. The van der Waals surface area contributed by atoms with Gasteiger partial charge in [0, 0.05) is 83.2 Å². The first-order chi connectivity index (χ1) is 27.4. The summed E-state index contributed by atoms with van der Waals surface area (Å²) in [5.41, 5.74) is 3.05. The summed E-state index contributed by atoms with van der Waals surface area (Å²) in [5, 5.41) is 19.6. The lowest BCUT2D eigenvalue weighted by molar-refractivity contribution is -0.384. The highest BCUT2D eigenvalue weighted by Crippen LogP contribution is 2.24.